The van der Waals surface area contributed by atoms with Crippen LogP contribution in [-0.2, 0) is 11.3 Å². The molecule has 0 saturated heterocycles. The number of carbonyl (C=O) groups is 1. The maximum absolute atomic E-state index is 11.6. The molecule has 1 aromatic rings. The minimum absolute atomic E-state index is 0.0385. The van der Waals surface area contributed by atoms with E-state index in [1.165, 1.54) is 0 Å². The zero-order valence-electron chi connectivity index (χ0n) is 10.6. The highest BCUT2D eigenvalue weighted by Crippen LogP contribution is 2.08. The third-order valence-corrected chi connectivity index (χ3v) is 2.43. The average molecular weight is 237 g/mol. The molecule has 0 aliphatic heterocycles. The topological polar surface area (TPSA) is 75.4 Å². The van der Waals surface area contributed by atoms with E-state index in [1.54, 1.807) is 31.4 Å². The third kappa shape index (κ3) is 3.67. The Morgan fingerprint density at radius 1 is 1.35 bits per heavy atom. The van der Waals surface area contributed by atoms with Crippen LogP contribution >= 0.6 is 0 Å². The summed E-state index contributed by atoms with van der Waals surface area (Å²) in [5.74, 6) is 0.733. The largest absolute Gasteiger partial charge is 0.347 e. The van der Waals surface area contributed by atoms with Crippen LogP contribution in [-0.4, -0.2) is 48.0 Å². The van der Waals surface area contributed by atoms with Crippen molar-refractivity contribution in [3.63, 3.8) is 0 Å². The van der Waals surface area contributed by atoms with E-state index in [0.29, 0.717) is 25.5 Å². The lowest BCUT2D eigenvalue weighted by molar-refractivity contribution is -0.127. The molecule has 1 amide bonds. The van der Waals surface area contributed by atoms with Crippen LogP contribution in [0.3, 0.4) is 0 Å². The van der Waals surface area contributed by atoms with E-state index < -0.39 is 0 Å². The molecule has 2 N–H and O–H groups in total. The second kappa shape index (κ2) is 6.15. The molecule has 0 spiro atoms. The monoisotopic (exact) mass is 237 g/mol. The van der Waals surface area contributed by atoms with E-state index in [2.05, 4.69) is 9.97 Å². The summed E-state index contributed by atoms with van der Waals surface area (Å²) < 4.78 is 0. The Kier molecular flexibility index (Phi) is 4.84. The van der Waals surface area contributed by atoms with Crippen molar-refractivity contribution in [1.29, 1.82) is 0 Å². The molecule has 0 fully saturated rings. The second-order valence-corrected chi connectivity index (χ2v) is 3.87. The first-order chi connectivity index (χ1) is 8.08. The molecule has 6 nitrogen and oxygen atoms in total. The fourth-order valence-electron chi connectivity index (χ4n) is 1.28. The Morgan fingerprint density at radius 3 is 2.47 bits per heavy atom. The number of carbonyl (C=O) groups excluding carboxylic acids is 1. The molecule has 1 heterocycles. The van der Waals surface area contributed by atoms with Gasteiger partial charge in [0.2, 0.25) is 5.91 Å². The third-order valence-electron chi connectivity index (χ3n) is 2.43. The Morgan fingerprint density at radius 2 is 2.06 bits per heavy atom. The van der Waals surface area contributed by atoms with E-state index >= 15 is 0 Å². The smallest absolute Gasteiger partial charge is 0.241 e. The van der Waals surface area contributed by atoms with Gasteiger partial charge in [-0.2, -0.15) is 0 Å². The van der Waals surface area contributed by atoms with Crippen LogP contribution in [0.1, 0.15) is 12.6 Å². The van der Waals surface area contributed by atoms with Crippen molar-refractivity contribution in [3.05, 3.63) is 18.1 Å². The zero-order chi connectivity index (χ0) is 12.8. The fraction of sp³-hybridized carbons (Fsp3) is 0.545. The standard InChI is InChI=1S/C11H19N5O/c1-4-16(8-11(17)15(2)3)10-7-13-9(5-12)6-14-10/h6-7H,4-5,8,12H2,1-3H3. The normalized spacial score (nSPS) is 10.1. The van der Waals surface area contributed by atoms with Crippen LogP contribution in [0, 0.1) is 0 Å². The number of hydrogen-bond acceptors (Lipinski definition) is 5. The summed E-state index contributed by atoms with van der Waals surface area (Å²) in [6, 6.07) is 0. The second-order valence-electron chi connectivity index (χ2n) is 3.87. The number of likely N-dealkylation sites (N-methyl/N-ethyl adjacent to an activating group) is 2. The molecule has 0 saturated carbocycles. The van der Waals surface area contributed by atoms with E-state index in [9.17, 15) is 4.79 Å². The molecule has 0 aromatic carbocycles. The first-order valence-electron chi connectivity index (χ1n) is 5.54. The maximum atomic E-state index is 11.6. The van der Waals surface area contributed by atoms with E-state index in [0.717, 1.165) is 5.69 Å². The minimum Gasteiger partial charge on any atom is -0.347 e. The summed E-state index contributed by atoms with van der Waals surface area (Å²) in [6.07, 6.45) is 3.28. The summed E-state index contributed by atoms with van der Waals surface area (Å²) in [6.45, 7) is 3.36. The number of rotatable bonds is 5. The molecule has 0 atom stereocenters. The maximum Gasteiger partial charge on any atom is 0.241 e. The molecule has 1 rings (SSSR count). The molecular weight excluding hydrogens is 218 g/mol. The number of anilines is 1. The van der Waals surface area contributed by atoms with E-state index in [1.807, 2.05) is 11.8 Å². The summed E-state index contributed by atoms with van der Waals surface area (Å²) in [4.78, 5) is 23.5. The van der Waals surface area contributed by atoms with Gasteiger partial charge in [0.1, 0.15) is 5.82 Å². The van der Waals surface area contributed by atoms with Gasteiger partial charge in [-0.1, -0.05) is 0 Å². The predicted octanol–water partition coefficient (Wildman–Crippen LogP) is -0.150. The van der Waals surface area contributed by atoms with Crippen LogP contribution < -0.4 is 10.6 Å². The molecule has 0 aliphatic carbocycles. The van der Waals surface area contributed by atoms with Crippen molar-refractivity contribution in [1.82, 2.24) is 14.9 Å². The molecule has 0 radical (unpaired) electrons. The van der Waals surface area contributed by atoms with Gasteiger partial charge < -0.3 is 15.5 Å². The zero-order valence-corrected chi connectivity index (χ0v) is 10.6. The number of nitrogens with zero attached hydrogens (tertiary/aromatic N) is 4. The van der Waals surface area contributed by atoms with Crippen molar-refractivity contribution in [2.45, 2.75) is 13.5 Å². The molecule has 17 heavy (non-hydrogen) atoms. The van der Waals surface area contributed by atoms with Crippen LogP contribution in [0.5, 0.6) is 0 Å². The van der Waals surface area contributed by atoms with Crippen molar-refractivity contribution in [2.75, 3.05) is 32.1 Å². The molecule has 0 unspecified atom stereocenters. The predicted molar refractivity (Wildman–Crippen MR) is 66.5 cm³/mol. The van der Waals surface area contributed by atoms with Crippen molar-refractivity contribution in [2.24, 2.45) is 5.73 Å². The van der Waals surface area contributed by atoms with Crippen molar-refractivity contribution >= 4 is 11.7 Å². The van der Waals surface area contributed by atoms with E-state index in [4.69, 9.17) is 5.73 Å². The highest BCUT2D eigenvalue weighted by molar-refractivity contribution is 5.80. The number of nitrogens with two attached hydrogens (primary N) is 1. The molecule has 0 bridgehead atoms. The van der Waals surface area contributed by atoms with Gasteiger partial charge in [-0.05, 0) is 6.92 Å². The van der Waals surface area contributed by atoms with Gasteiger partial charge in [0.15, 0.2) is 0 Å². The summed E-state index contributed by atoms with van der Waals surface area (Å²) >= 11 is 0. The minimum atomic E-state index is 0.0385. The summed E-state index contributed by atoms with van der Waals surface area (Å²) in [5.41, 5.74) is 6.19. The first kappa shape index (κ1) is 13.4. The van der Waals surface area contributed by atoms with Gasteiger partial charge >= 0.3 is 0 Å². The first-order valence-corrected chi connectivity index (χ1v) is 5.54. The lowest BCUT2D eigenvalue weighted by Crippen LogP contribution is -2.37. The molecule has 0 aliphatic rings. The lowest BCUT2D eigenvalue weighted by atomic mass is 10.4. The molecule has 6 heteroatoms. The highest BCUT2D eigenvalue weighted by Gasteiger charge is 2.12. The van der Waals surface area contributed by atoms with Gasteiger partial charge in [0, 0.05) is 27.2 Å². The molecule has 94 valence electrons. The Bertz CT molecular complexity index is 363. The quantitative estimate of drug-likeness (QED) is 0.770. The summed E-state index contributed by atoms with van der Waals surface area (Å²) in [7, 11) is 3.47. The van der Waals surface area contributed by atoms with Crippen LogP contribution in [0.25, 0.3) is 0 Å². The Labute approximate surface area is 101 Å². The van der Waals surface area contributed by atoms with Gasteiger partial charge in [-0.15, -0.1) is 0 Å². The van der Waals surface area contributed by atoms with Crippen LogP contribution in [0.2, 0.25) is 0 Å². The number of amides is 1. The average Bonchev–Trinajstić information content (AvgIpc) is 2.35. The van der Waals surface area contributed by atoms with E-state index in [-0.39, 0.29) is 5.91 Å². The lowest BCUT2D eigenvalue weighted by Gasteiger charge is -2.22. The fourth-order valence-corrected chi connectivity index (χ4v) is 1.28. The number of aromatic nitrogens is 2. The van der Waals surface area contributed by atoms with Crippen LogP contribution in [0.15, 0.2) is 12.4 Å². The van der Waals surface area contributed by atoms with Crippen molar-refractivity contribution < 1.29 is 4.79 Å². The van der Waals surface area contributed by atoms with Crippen molar-refractivity contribution in [3.8, 4) is 0 Å². The number of hydrogen-bond donors (Lipinski definition) is 1. The van der Waals surface area contributed by atoms with Gasteiger partial charge in [-0.25, -0.2) is 4.98 Å². The summed E-state index contributed by atoms with van der Waals surface area (Å²) in [5, 5.41) is 0. The molecule has 1 aromatic heterocycles. The Balaban J connectivity index is 2.75. The van der Waals surface area contributed by atoms with Gasteiger partial charge in [-0.3, -0.25) is 9.78 Å². The molecular formula is C11H19N5O. The highest BCUT2D eigenvalue weighted by atomic mass is 16.2. The van der Waals surface area contributed by atoms with Crippen LogP contribution in [0.4, 0.5) is 5.82 Å². The van der Waals surface area contributed by atoms with Gasteiger partial charge in [0.25, 0.3) is 0 Å². The SMILES string of the molecule is CCN(CC(=O)N(C)C)c1cnc(CN)cn1. The Hall–Kier alpha value is -1.69. The van der Waals surface area contributed by atoms with Gasteiger partial charge in [0.05, 0.1) is 24.6 Å².